The van der Waals surface area contributed by atoms with E-state index in [9.17, 15) is 4.79 Å². The molecule has 3 aliphatic rings. The van der Waals surface area contributed by atoms with Crippen LogP contribution in [0.5, 0.6) is 0 Å². The average Bonchev–Trinajstić information content (AvgIpc) is 2.40. The Labute approximate surface area is 130 Å². The van der Waals surface area contributed by atoms with Crippen molar-refractivity contribution in [3.05, 3.63) is 11.1 Å². The second kappa shape index (κ2) is 4.96. The summed E-state index contributed by atoms with van der Waals surface area (Å²) in [6.45, 7) is 11.8. The van der Waals surface area contributed by atoms with Crippen LogP contribution in [0, 0.1) is 28.6 Å². The van der Waals surface area contributed by atoms with Crippen molar-refractivity contribution in [2.45, 2.75) is 79.6 Å². The number of hydrogen-bond acceptors (Lipinski definition) is 1. The minimum atomic E-state index is -0.0463. The van der Waals surface area contributed by atoms with Gasteiger partial charge in [-0.15, -0.1) is 0 Å². The van der Waals surface area contributed by atoms with E-state index >= 15 is 0 Å². The van der Waals surface area contributed by atoms with E-state index in [-0.39, 0.29) is 10.8 Å². The van der Waals surface area contributed by atoms with Gasteiger partial charge in [0.1, 0.15) is 5.78 Å². The molecular weight excluding hydrogens is 256 g/mol. The second-order valence-corrected chi connectivity index (χ2v) is 8.95. The van der Waals surface area contributed by atoms with E-state index in [0.717, 1.165) is 24.7 Å². The van der Waals surface area contributed by atoms with Crippen molar-refractivity contribution in [1.29, 1.82) is 0 Å². The van der Waals surface area contributed by atoms with Crippen LogP contribution in [0.3, 0.4) is 0 Å². The quantitative estimate of drug-likeness (QED) is 0.534. The standard InChI is InChI=1S/C20H32O/c1-13-7-6-10-20(5)17(13)11-15-9-8-14(2)16(12-18(20)21)19(15,3)4/h13,15,17H,6-12H2,1-5H3/t13-,15+,17-,20-/m1/s1. The van der Waals surface area contributed by atoms with Crippen LogP contribution in [-0.2, 0) is 4.79 Å². The van der Waals surface area contributed by atoms with Gasteiger partial charge in [0, 0.05) is 11.8 Å². The maximum Gasteiger partial charge on any atom is 0.143 e. The number of ketones is 1. The molecule has 2 fully saturated rings. The summed E-state index contributed by atoms with van der Waals surface area (Å²) < 4.78 is 0. The summed E-state index contributed by atoms with van der Waals surface area (Å²) in [7, 11) is 0. The van der Waals surface area contributed by atoms with Crippen LogP contribution in [0.15, 0.2) is 11.1 Å². The predicted molar refractivity (Wildman–Crippen MR) is 88.1 cm³/mol. The minimum Gasteiger partial charge on any atom is -0.299 e. The molecule has 0 aromatic carbocycles. The molecule has 0 aromatic heterocycles. The molecule has 0 aromatic rings. The first-order valence-electron chi connectivity index (χ1n) is 8.99. The fourth-order valence-corrected chi connectivity index (χ4v) is 5.80. The summed E-state index contributed by atoms with van der Waals surface area (Å²) in [6.07, 6.45) is 8.24. The lowest BCUT2D eigenvalue weighted by molar-refractivity contribution is -0.137. The van der Waals surface area contributed by atoms with Crippen molar-refractivity contribution in [3.8, 4) is 0 Å². The molecular formula is C20H32O. The molecule has 2 bridgehead atoms. The molecule has 1 nitrogen and oxygen atoms in total. The lowest BCUT2D eigenvalue weighted by Gasteiger charge is -2.52. The third kappa shape index (κ3) is 2.23. The number of hydrogen-bond donors (Lipinski definition) is 0. The first-order valence-corrected chi connectivity index (χ1v) is 8.99. The molecule has 0 amide bonds. The molecule has 3 rings (SSSR count). The summed E-state index contributed by atoms with van der Waals surface area (Å²) >= 11 is 0. The van der Waals surface area contributed by atoms with Crippen molar-refractivity contribution in [2.75, 3.05) is 0 Å². The van der Waals surface area contributed by atoms with Gasteiger partial charge in [-0.3, -0.25) is 4.79 Å². The lowest BCUT2D eigenvalue weighted by atomic mass is 9.51. The molecule has 0 unspecified atom stereocenters. The molecule has 0 spiro atoms. The van der Waals surface area contributed by atoms with Gasteiger partial charge in [0.25, 0.3) is 0 Å². The first-order chi connectivity index (χ1) is 9.76. The van der Waals surface area contributed by atoms with E-state index in [0.29, 0.717) is 11.7 Å². The zero-order valence-corrected chi connectivity index (χ0v) is 14.6. The summed E-state index contributed by atoms with van der Waals surface area (Å²) in [4.78, 5) is 13.2. The van der Waals surface area contributed by atoms with Crippen LogP contribution in [0.25, 0.3) is 0 Å². The largest absolute Gasteiger partial charge is 0.299 e. The van der Waals surface area contributed by atoms with E-state index < -0.39 is 0 Å². The molecule has 4 atom stereocenters. The molecule has 3 aliphatic carbocycles. The topological polar surface area (TPSA) is 17.1 Å². The van der Waals surface area contributed by atoms with Crippen LogP contribution in [0.2, 0.25) is 0 Å². The Balaban J connectivity index is 2.06. The van der Waals surface area contributed by atoms with Crippen molar-refractivity contribution < 1.29 is 4.79 Å². The van der Waals surface area contributed by atoms with E-state index in [1.165, 1.54) is 43.3 Å². The zero-order valence-electron chi connectivity index (χ0n) is 14.6. The fraction of sp³-hybridized carbons (Fsp3) is 0.850. The summed E-state index contributed by atoms with van der Waals surface area (Å²) in [5.74, 6) is 2.65. The number of carbonyl (C=O) groups is 1. The van der Waals surface area contributed by atoms with Crippen molar-refractivity contribution in [3.63, 3.8) is 0 Å². The van der Waals surface area contributed by atoms with Gasteiger partial charge in [0.2, 0.25) is 0 Å². The molecule has 1 heteroatoms. The SMILES string of the molecule is CC1=C2CC(=O)[C@]3(C)CCC[C@@H](C)[C@H]3C[C@H](CC1)C2(C)C. The first kappa shape index (κ1) is 15.3. The number of carbonyl (C=O) groups excluding carboxylic acids is 1. The number of rotatable bonds is 0. The Hall–Kier alpha value is -0.590. The monoisotopic (exact) mass is 288 g/mol. The Bertz CT molecular complexity index is 484. The van der Waals surface area contributed by atoms with E-state index in [1.54, 1.807) is 0 Å². The van der Waals surface area contributed by atoms with Gasteiger partial charge < -0.3 is 0 Å². The van der Waals surface area contributed by atoms with E-state index in [4.69, 9.17) is 0 Å². The molecule has 118 valence electrons. The highest BCUT2D eigenvalue weighted by molar-refractivity contribution is 5.87. The van der Waals surface area contributed by atoms with Gasteiger partial charge in [-0.2, -0.15) is 0 Å². The maximum atomic E-state index is 13.2. The summed E-state index contributed by atoms with van der Waals surface area (Å²) in [5, 5.41) is 0. The van der Waals surface area contributed by atoms with Crippen LogP contribution < -0.4 is 0 Å². The average molecular weight is 288 g/mol. The number of Topliss-reactive ketones (excluding diaryl/α,β-unsaturated/α-hetero) is 1. The third-order valence-electron chi connectivity index (χ3n) is 7.55. The summed E-state index contributed by atoms with van der Waals surface area (Å²) in [5.41, 5.74) is 3.18. The van der Waals surface area contributed by atoms with Crippen LogP contribution in [-0.4, -0.2) is 5.78 Å². The molecule has 0 saturated heterocycles. The fourth-order valence-electron chi connectivity index (χ4n) is 5.80. The van der Waals surface area contributed by atoms with Crippen molar-refractivity contribution >= 4 is 5.78 Å². The van der Waals surface area contributed by atoms with Crippen molar-refractivity contribution in [1.82, 2.24) is 0 Å². The Morgan fingerprint density at radius 1 is 1.14 bits per heavy atom. The Kier molecular flexibility index (Phi) is 3.62. The highest BCUT2D eigenvalue weighted by Crippen LogP contribution is 2.57. The summed E-state index contributed by atoms with van der Waals surface area (Å²) in [6, 6.07) is 0. The zero-order chi connectivity index (χ0) is 15.4. The molecule has 0 radical (unpaired) electrons. The number of allylic oxidation sites excluding steroid dienone is 2. The maximum absolute atomic E-state index is 13.2. The van der Waals surface area contributed by atoms with Gasteiger partial charge >= 0.3 is 0 Å². The van der Waals surface area contributed by atoms with Crippen LogP contribution in [0.1, 0.15) is 79.6 Å². The minimum absolute atomic E-state index is 0.0463. The van der Waals surface area contributed by atoms with Gasteiger partial charge in [-0.25, -0.2) is 0 Å². The van der Waals surface area contributed by atoms with Gasteiger partial charge in [-0.1, -0.05) is 51.7 Å². The normalized spacial score (nSPS) is 43.1. The van der Waals surface area contributed by atoms with Crippen molar-refractivity contribution in [2.24, 2.45) is 28.6 Å². The smallest absolute Gasteiger partial charge is 0.143 e. The Morgan fingerprint density at radius 2 is 1.86 bits per heavy atom. The van der Waals surface area contributed by atoms with E-state index in [2.05, 4.69) is 34.6 Å². The van der Waals surface area contributed by atoms with Gasteiger partial charge in [0.15, 0.2) is 0 Å². The molecule has 0 heterocycles. The molecule has 0 N–H and O–H groups in total. The molecule has 0 aliphatic heterocycles. The predicted octanol–water partition coefficient (Wildman–Crippen LogP) is 5.54. The second-order valence-electron chi connectivity index (χ2n) is 8.95. The van der Waals surface area contributed by atoms with Gasteiger partial charge in [0.05, 0.1) is 0 Å². The third-order valence-corrected chi connectivity index (χ3v) is 7.55. The lowest BCUT2D eigenvalue weighted by Crippen LogP contribution is -2.48. The molecule has 21 heavy (non-hydrogen) atoms. The molecule has 2 saturated carbocycles. The van der Waals surface area contributed by atoms with Crippen LogP contribution >= 0.6 is 0 Å². The van der Waals surface area contributed by atoms with Gasteiger partial charge in [-0.05, 0) is 55.8 Å². The highest BCUT2D eigenvalue weighted by Gasteiger charge is 2.51. The highest BCUT2D eigenvalue weighted by atomic mass is 16.1. The van der Waals surface area contributed by atoms with Crippen LogP contribution in [0.4, 0.5) is 0 Å². The van der Waals surface area contributed by atoms with E-state index in [1.807, 2.05) is 0 Å². The Morgan fingerprint density at radius 3 is 2.57 bits per heavy atom. The number of fused-ring (bicyclic) bond motifs is 3.